The smallest absolute Gasteiger partial charge is 0.143 e. The quantitative estimate of drug-likeness (QED) is 0.537. The summed E-state index contributed by atoms with van der Waals surface area (Å²) >= 11 is 0. The van der Waals surface area contributed by atoms with Crippen LogP contribution in [0.25, 0.3) is 0 Å². The van der Waals surface area contributed by atoms with Gasteiger partial charge in [-0.15, -0.1) is 20.0 Å². The lowest BCUT2D eigenvalue weighted by atomic mass is 10.7. The fourth-order valence-electron chi connectivity index (χ4n) is 0.332. The Hall–Kier alpha value is -1.86. The molecule has 0 aliphatic carbocycles. The van der Waals surface area contributed by atoms with Crippen molar-refractivity contribution in [3.05, 3.63) is 9.81 Å². The van der Waals surface area contributed by atoms with Gasteiger partial charge in [-0.05, 0) is 20.8 Å². The lowest BCUT2D eigenvalue weighted by Crippen LogP contribution is -1.89. The van der Waals surface area contributed by atoms with Crippen molar-refractivity contribution in [1.82, 2.24) is 20.6 Å². The molecule has 1 aromatic rings. The molecule has 0 N–H and O–H groups in total. The molecule has 8 heteroatoms. The summed E-state index contributed by atoms with van der Waals surface area (Å²) in [6.45, 7) is 0. The molecule has 0 aliphatic heterocycles. The van der Waals surface area contributed by atoms with Crippen LogP contribution in [0.15, 0.2) is 10.4 Å². The fourth-order valence-corrected chi connectivity index (χ4v) is 0.332. The molecule has 0 fully saturated rings. The van der Waals surface area contributed by atoms with E-state index in [1.165, 1.54) is 0 Å². The van der Waals surface area contributed by atoms with Gasteiger partial charge in [0.1, 0.15) is 0 Å². The molecule has 50 valence electrons. The van der Waals surface area contributed by atoms with Crippen molar-refractivity contribution >= 4 is 11.6 Å². The van der Waals surface area contributed by atoms with Crippen LogP contribution in [-0.4, -0.2) is 20.6 Å². The molecule has 0 atom stereocenters. The van der Waals surface area contributed by atoms with E-state index in [0.717, 1.165) is 0 Å². The molecule has 8 nitrogen and oxygen atoms in total. The van der Waals surface area contributed by atoms with E-state index in [-0.39, 0.29) is 0 Å². The molecule has 0 aliphatic rings. The molecule has 0 radical (unpaired) electrons. The molecule has 1 heterocycles. The number of rotatable bonds is 2. The number of hydrogen-bond acceptors (Lipinski definition) is 8. The van der Waals surface area contributed by atoms with E-state index in [1.54, 1.807) is 0 Å². The van der Waals surface area contributed by atoms with Gasteiger partial charge in [0.2, 0.25) is 0 Å². The van der Waals surface area contributed by atoms with Crippen molar-refractivity contribution in [2.24, 2.45) is 10.4 Å². The number of aromatic nitrogens is 4. The van der Waals surface area contributed by atoms with Crippen LogP contribution in [0, 0.1) is 9.81 Å². The van der Waals surface area contributed by atoms with Crippen molar-refractivity contribution in [2.45, 2.75) is 0 Å². The first-order valence-electron chi connectivity index (χ1n) is 2.11. The van der Waals surface area contributed by atoms with E-state index in [9.17, 15) is 9.81 Å². The van der Waals surface area contributed by atoms with Gasteiger partial charge < -0.3 is 0 Å². The third-order valence-electron chi connectivity index (χ3n) is 0.692. The van der Waals surface area contributed by atoms with Gasteiger partial charge in [-0.2, -0.15) is 0 Å². The van der Waals surface area contributed by atoms with Crippen LogP contribution in [0.4, 0.5) is 11.6 Å². The lowest BCUT2D eigenvalue weighted by molar-refractivity contribution is 0.764. The van der Waals surface area contributed by atoms with Gasteiger partial charge in [-0.25, -0.2) is 0 Å². The second kappa shape index (κ2) is 2.62. The minimum atomic E-state index is -0.454. The van der Waals surface area contributed by atoms with Gasteiger partial charge >= 0.3 is 0 Å². The Morgan fingerprint density at radius 2 is 1.30 bits per heavy atom. The SMILES string of the molecule is O=Nc1nnnnc1N=O. The molecule has 0 amide bonds. The largest absolute Gasteiger partial charge is 0.269 e. The normalized spacial score (nSPS) is 8.80. The van der Waals surface area contributed by atoms with Crippen LogP contribution in [0.5, 0.6) is 0 Å². The van der Waals surface area contributed by atoms with Gasteiger partial charge in [-0.3, -0.25) is 0 Å². The zero-order valence-electron chi connectivity index (χ0n) is 4.50. The van der Waals surface area contributed by atoms with Crippen LogP contribution in [0.3, 0.4) is 0 Å². The maximum Gasteiger partial charge on any atom is 0.269 e. The van der Waals surface area contributed by atoms with E-state index >= 15 is 0 Å². The molecule has 0 bridgehead atoms. The molecule has 0 saturated carbocycles. The van der Waals surface area contributed by atoms with Crippen molar-refractivity contribution in [3.8, 4) is 0 Å². The maximum absolute atomic E-state index is 9.77. The highest BCUT2D eigenvalue weighted by Crippen LogP contribution is 2.17. The molecule has 0 aromatic carbocycles. The highest BCUT2D eigenvalue weighted by Gasteiger charge is 2.05. The van der Waals surface area contributed by atoms with E-state index in [1.807, 2.05) is 0 Å². The Morgan fingerprint density at radius 3 is 1.60 bits per heavy atom. The summed E-state index contributed by atoms with van der Waals surface area (Å²) in [5.41, 5.74) is 0. The predicted molar refractivity (Wildman–Crippen MR) is 28.5 cm³/mol. The zero-order chi connectivity index (χ0) is 7.40. The summed E-state index contributed by atoms with van der Waals surface area (Å²) in [5.74, 6) is -0.907. The Morgan fingerprint density at radius 1 is 0.900 bits per heavy atom. The van der Waals surface area contributed by atoms with E-state index in [4.69, 9.17) is 0 Å². The molecule has 1 rings (SSSR count). The summed E-state index contributed by atoms with van der Waals surface area (Å²) < 4.78 is 0. The van der Waals surface area contributed by atoms with Crippen LogP contribution in [0.2, 0.25) is 0 Å². The molecule has 0 saturated heterocycles. The first kappa shape index (κ1) is 6.26. The maximum atomic E-state index is 9.77. The minimum Gasteiger partial charge on any atom is -0.143 e. The monoisotopic (exact) mass is 140 g/mol. The topological polar surface area (TPSA) is 110 Å². The lowest BCUT2D eigenvalue weighted by Gasteiger charge is -1.83. The second-order valence-corrected chi connectivity index (χ2v) is 1.21. The summed E-state index contributed by atoms with van der Waals surface area (Å²) in [4.78, 5) is 19.5. The number of nitrogens with zero attached hydrogens (tertiary/aromatic N) is 6. The second-order valence-electron chi connectivity index (χ2n) is 1.21. The average Bonchev–Trinajstić information content (AvgIpc) is 2.04. The average molecular weight is 140 g/mol. The summed E-state index contributed by atoms with van der Waals surface area (Å²) in [6.07, 6.45) is 0. The number of hydrogen-bond donors (Lipinski definition) is 0. The van der Waals surface area contributed by atoms with Crippen LogP contribution in [0.1, 0.15) is 0 Å². The van der Waals surface area contributed by atoms with E-state index in [2.05, 4.69) is 31.0 Å². The van der Waals surface area contributed by atoms with Gasteiger partial charge in [0.15, 0.2) is 0 Å². The fraction of sp³-hybridized carbons (Fsp3) is 0. The number of nitroso groups, excluding NO2 is 2. The van der Waals surface area contributed by atoms with Crippen molar-refractivity contribution in [2.75, 3.05) is 0 Å². The molecule has 0 spiro atoms. The Bertz CT molecular complexity index is 233. The standard InChI is InChI=1S/C2N6O2/c9-5-1-2(6-10)4-8-7-3-1. The van der Waals surface area contributed by atoms with Gasteiger partial charge in [0.05, 0.1) is 0 Å². The first-order valence-corrected chi connectivity index (χ1v) is 2.11. The highest BCUT2D eigenvalue weighted by atomic mass is 16.3. The minimum absolute atomic E-state index is 0.454. The summed E-state index contributed by atoms with van der Waals surface area (Å²) in [5, 5.41) is 16.7. The van der Waals surface area contributed by atoms with Gasteiger partial charge in [0.25, 0.3) is 11.6 Å². The van der Waals surface area contributed by atoms with Crippen molar-refractivity contribution in [3.63, 3.8) is 0 Å². The first-order chi connectivity index (χ1) is 4.88. The Kier molecular flexibility index (Phi) is 1.64. The Balaban J connectivity index is 3.20. The molecule has 10 heavy (non-hydrogen) atoms. The van der Waals surface area contributed by atoms with Crippen LogP contribution >= 0.6 is 0 Å². The third kappa shape index (κ3) is 0.940. The predicted octanol–water partition coefficient (Wildman–Crippen LogP) is 0.0624. The Labute approximate surface area is 53.6 Å². The van der Waals surface area contributed by atoms with Gasteiger partial charge in [0, 0.05) is 0 Å². The van der Waals surface area contributed by atoms with Crippen LogP contribution in [-0.2, 0) is 0 Å². The molecular weight excluding hydrogens is 140 g/mol. The molecular formula is C2N6O2. The molecule has 0 unspecified atom stereocenters. The summed E-state index contributed by atoms with van der Waals surface area (Å²) in [6, 6.07) is 0. The van der Waals surface area contributed by atoms with Crippen molar-refractivity contribution in [1.29, 1.82) is 0 Å². The van der Waals surface area contributed by atoms with Gasteiger partial charge in [-0.1, -0.05) is 0 Å². The van der Waals surface area contributed by atoms with E-state index in [0.29, 0.717) is 0 Å². The van der Waals surface area contributed by atoms with Crippen LogP contribution < -0.4 is 0 Å². The van der Waals surface area contributed by atoms with E-state index < -0.39 is 11.6 Å². The zero-order valence-corrected chi connectivity index (χ0v) is 4.50. The van der Waals surface area contributed by atoms with Crippen molar-refractivity contribution < 1.29 is 0 Å². The highest BCUT2D eigenvalue weighted by molar-refractivity contribution is 5.47. The molecule has 1 aromatic heterocycles. The summed E-state index contributed by atoms with van der Waals surface area (Å²) in [7, 11) is 0. The third-order valence-corrected chi connectivity index (χ3v) is 0.692.